The second-order valence-corrected chi connectivity index (χ2v) is 7.74. The first-order chi connectivity index (χ1) is 13.8. The van der Waals surface area contributed by atoms with E-state index in [1.807, 2.05) is 20.8 Å². The number of ether oxygens (including phenoxy) is 2. The number of H-pyrrole nitrogens is 1. The molecule has 0 unspecified atom stereocenters. The number of ketones is 1. The van der Waals surface area contributed by atoms with Crippen LogP contribution in [-0.4, -0.2) is 42.0 Å². The summed E-state index contributed by atoms with van der Waals surface area (Å²) < 4.78 is 10.4. The SMILES string of the molecule is COCCOc1ccc(C(=O)Nc2cnc3[nH]c(C(=O)C(C)(C)C)cc3c2)cc1. The molecule has 3 aromatic rings. The molecule has 0 bridgehead atoms. The molecule has 29 heavy (non-hydrogen) atoms. The fourth-order valence-electron chi connectivity index (χ4n) is 2.76. The number of benzene rings is 1. The van der Waals surface area contributed by atoms with Crippen molar-refractivity contribution in [1.82, 2.24) is 9.97 Å². The number of anilines is 1. The van der Waals surface area contributed by atoms with Gasteiger partial charge in [-0.15, -0.1) is 0 Å². The molecule has 0 radical (unpaired) electrons. The van der Waals surface area contributed by atoms with Crippen LogP contribution in [-0.2, 0) is 4.74 Å². The first-order valence-corrected chi connectivity index (χ1v) is 9.34. The second kappa shape index (κ2) is 8.45. The molecule has 2 heterocycles. The highest BCUT2D eigenvalue weighted by atomic mass is 16.5. The monoisotopic (exact) mass is 395 g/mol. The third-order valence-electron chi connectivity index (χ3n) is 4.33. The quantitative estimate of drug-likeness (QED) is 0.465. The molecule has 7 nitrogen and oxygen atoms in total. The minimum absolute atomic E-state index is 0.00823. The third-order valence-corrected chi connectivity index (χ3v) is 4.33. The number of amides is 1. The Kier molecular flexibility index (Phi) is 5.98. The molecule has 3 rings (SSSR count). The first-order valence-electron chi connectivity index (χ1n) is 9.34. The average molecular weight is 395 g/mol. The Morgan fingerprint density at radius 2 is 1.83 bits per heavy atom. The molecule has 0 saturated heterocycles. The highest BCUT2D eigenvalue weighted by molar-refractivity contribution is 6.05. The number of aromatic nitrogens is 2. The summed E-state index contributed by atoms with van der Waals surface area (Å²) >= 11 is 0. The number of hydrogen-bond acceptors (Lipinski definition) is 5. The van der Waals surface area contributed by atoms with E-state index in [1.54, 1.807) is 49.7 Å². The number of hydrogen-bond donors (Lipinski definition) is 2. The zero-order chi connectivity index (χ0) is 21.0. The lowest BCUT2D eigenvalue weighted by molar-refractivity contribution is 0.0853. The van der Waals surface area contributed by atoms with E-state index in [0.29, 0.717) is 41.6 Å². The number of aromatic amines is 1. The van der Waals surface area contributed by atoms with Gasteiger partial charge in [0, 0.05) is 23.5 Å². The van der Waals surface area contributed by atoms with Gasteiger partial charge in [0.25, 0.3) is 5.91 Å². The molecule has 0 spiro atoms. The minimum Gasteiger partial charge on any atom is -0.491 e. The van der Waals surface area contributed by atoms with Gasteiger partial charge in [0.1, 0.15) is 18.0 Å². The lowest BCUT2D eigenvalue weighted by atomic mass is 9.89. The third kappa shape index (κ3) is 5.00. The van der Waals surface area contributed by atoms with E-state index in [9.17, 15) is 9.59 Å². The van der Waals surface area contributed by atoms with Crippen LogP contribution in [0.25, 0.3) is 11.0 Å². The fraction of sp³-hybridized carbons (Fsp3) is 0.318. The van der Waals surface area contributed by atoms with Gasteiger partial charge in [0.2, 0.25) is 0 Å². The van der Waals surface area contributed by atoms with Gasteiger partial charge in [0.15, 0.2) is 5.78 Å². The maximum absolute atomic E-state index is 12.5. The molecule has 0 atom stereocenters. The molecular formula is C22H25N3O4. The topological polar surface area (TPSA) is 93.3 Å². The van der Waals surface area contributed by atoms with E-state index >= 15 is 0 Å². The maximum atomic E-state index is 12.5. The number of nitrogens with zero attached hydrogens (tertiary/aromatic N) is 1. The number of methoxy groups -OCH3 is 1. The summed E-state index contributed by atoms with van der Waals surface area (Å²) in [5.74, 6) is 0.426. The normalized spacial score (nSPS) is 11.4. The van der Waals surface area contributed by atoms with Crippen molar-refractivity contribution in [3.63, 3.8) is 0 Å². The van der Waals surface area contributed by atoms with Crippen LogP contribution in [0.5, 0.6) is 5.75 Å². The van der Waals surface area contributed by atoms with Gasteiger partial charge in [-0.2, -0.15) is 0 Å². The molecule has 0 aliphatic rings. The summed E-state index contributed by atoms with van der Waals surface area (Å²) in [6.07, 6.45) is 1.56. The van der Waals surface area contributed by atoms with Crippen LogP contribution in [0.15, 0.2) is 42.6 Å². The Hall–Kier alpha value is -3.19. The van der Waals surface area contributed by atoms with Crippen molar-refractivity contribution in [2.45, 2.75) is 20.8 Å². The zero-order valence-electron chi connectivity index (χ0n) is 17.0. The summed E-state index contributed by atoms with van der Waals surface area (Å²) in [4.78, 5) is 32.3. The van der Waals surface area contributed by atoms with Crippen molar-refractivity contribution in [2.24, 2.45) is 5.41 Å². The largest absolute Gasteiger partial charge is 0.491 e. The molecule has 2 N–H and O–H groups in total. The minimum atomic E-state index is -0.489. The summed E-state index contributed by atoms with van der Waals surface area (Å²) in [7, 11) is 1.61. The lowest BCUT2D eigenvalue weighted by Gasteiger charge is -2.14. The van der Waals surface area contributed by atoms with Crippen LogP contribution < -0.4 is 10.1 Å². The molecule has 1 amide bonds. The van der Waals surface area contributed by atoms with Crippen molar-refractivity contribution < 1.29 is 19.1 Å². The number of nitrogens with one attached hydrogen (secondary N) is 2. The molecule has 0 aliphatic heterocycles. The molecule has 0 saturated carbocycles. The van der Waals surface area contributed by atoms with Crippen LogP contribution in [0.4, 0.5) is 5.69 Å². The highest BCUT2D eigenvalue weighted by Crippen LogP contribution is 2.24. The molecule has 1 aromatic carbocycles. The van der Waals surface area contributed by atoms with Gasteiger partial charge < -0.3 is 19.8 Å². The van der Waals surface area contributed by atoms with Gasteiger partial charge in [0.05, 0.1) is 24.2 Å². The van der Waals surface area contributed by atoms with Crippen LogP contribution >= 0.6 is 0 Å². The molecule has 0 fully saturated rings. The van der Waals surface area contributed by atoms with Crippen molar-refractivity contribution in [3.8, 4) is 5.75 Å². The van der Waals surface area contributed by atoms with E-state index < -0.39 is 5.41 Å². The van der Waals surface area contributed by atoms with E-state index in [0.717, 1.165) is 5.39 Å². The fourth-order valence-corrected chi connectivity index (χ4v) is 2.76. The van der Waals surface area contributed by atoms with Gasteiger partial charge in [-0.05, 0) is 36.4 Å². The molecule has 0 aliphatic carbocycles. The number of carbonyl (C=O) groups excluding carboxylic acids is 2. The summed E-state index contributed by atoms with van der Waals surface area (Å²) in [6, 6.07) is 10.4. The number of pyridine rings is 1. The predicted octanol–water partition coefficient (Wildman–Crippen LogP) is 4.07. The average Bonchev–Trinajstić information content (AvgIpc) is 3.10. The van der Waals surface area contributed by atoms with E-state index in [4.69, 9.17) is 9.47 Å². The summed E-state index contributed by atoms with van der Waals surface area (Å²) in [6.45, 7) is 6.56. The van der Waals surface area contributed by atoms with Crippen molar-refractivity contribution in [2.75, 3.05) is 25.6 Å². The first kappa shape index (κ1) is 20.5. The van der Waals surface area contributed by atoms with E-state index in [2.05, 4.69) is 15.3 Å². The molecule has 152 valence electrons. The van der Waals surface area contributed by atoms with E-state index in [-0.39, 0.29) is 11.7 Å². The van der Waals surface area contributed by atoms with Crippen LogP contribution in [0, 0.1) is 5.41 Å². The Bertz CT molecular complexity index is 1020. The van der Waals surface area contributed by atoms with Gasteiger partial charge in [-0.25, -0.2) is 4.98 Å². The standard InChI is InChI=1S/C22H25N3O4/c1-22(2,3)19(26)18-12-15-11-16(13-23-20(15)25-18)24-21(27)14-5-7-17(8-6-14)29-10-9-28-4/h5-8,11-13H,9-10H2,1-4H3,(H,23,25)(H,24,27). The van der Waals surface area contributed by atoms with Gasteiger partial charge in [-0.3, -0.25) is 9.59 Å². The second-order valence-electron chi connectivity index (χ2n) is 7.74. The van der Waals surface area contributed by atoms with E-state index in [1.165, 1.54) is 0 Å². The Labute approximate surface area is 169 Å². The Balaban J connectivity index is 1.71. The molecule has 2 aromatic heterocycles. The Morgan fingerprint density at radius 3 is 2.48 bits per heavy atom. The highest BCUT2D eigenvalue weighted by Gasteiger charge is 2.24. The van der Waals surface area contributed by atoms with Crippen molar-refractivity contribution >= 4 is 28.4 Å². The molecule has 7 heteroatoms. The van der Waals surface area contributed by atoms with Gasteiger partial charge >= 0.3 is 0 Å². The zero-order valence-corrected chi connectivity index (χ0v) is 17.0. The van der Waals surface area contributed by atoms with Crippen molar-refractivity contribution in [1.29, 1.82) is 0 Å². The molecular weight excluding hydrogens is 370 g/mol. The van der Waals surface area contributed by atoms with Crippen LogP contribution in [0.3, 0.4) is 0 Å². The Morgan fingerprint density at radius 1 is 1.10 bits per heavy atom. The number of rotatable bonds is 7. The van der Waals surface area contributed by atoms with Crippen LogP contribution in [0.1, 0.15) is 41.6 Å². The summed E-state index contributed by atoms with van der Waals surface area (Å²) in [5, 5.41) is 3.59. The van der Waals surface area contributed by atoms with Crippen LogP contribution in [0.2, 0.25) is 0 Å². The maximum Gasteiger partial charge on any atom is 0.255 e. The van der Waals surface area contributed by atoms with Crippen molar-refractivity contribution in [3.05, 3.63) is 53.9 Å². The number of carbonyl (C=O) groups is 2. The lowest BCUT2D eigenvalue weighted by Crippen LogP contribution is -2.20. The van der Waals surface area contributed by atoms with Gasteiger partial charge in [-0.1, -0.05) is 20.8 Å². The number of fused-ring (bicyclic) bond motifs is 1. The summed E-state index contributed by atoms with van der Waals surface area (Å²) in [5.41, 5.74) is 1.68. The predicted molar refractivity (Wildman–Crippen MR) is 112 cm³/mol. The smallest absolute Gasteiger partial charge is 0.255 e. The number of Topliss-reactive ketones (excluding diaryl/α,β-unsaturated/α-hetero) is 1.